The fraction of sp³-hybridized carbons (Fsp3) is 0.533. The van der Waals surface area contributed by atoms with Crippen molar-refractivity contribution in [2.45, 2.75) is 19.3 Å². The fourth-order valence-corrected chi connectivity index (χ4v) is 1.99. The first-order valence-corrected chi connectivity index (χ1v) is 6.69. The molecule has 0 amide bonds. The molecule has 106 valence electrons. The zero-order chi connectivity index (χ0) is 13.9. The van der Waals surface area contributed by atoms with E-state index in [2.05, 4.69) is 12.1 Å². The number of carbonyl (C=O) groups is 1. The van der Waals surface area contributed by atoms with Gasteiger partial charge in [0, 0.05) is 13.7 Å². The SMILES string of the molecule is COCCN(CCCCc1ccccc1)CC(=O)O. The van der Waals surface area contributed by atoms with Crippen LogP contribution in [0.5, 0.6) is 0 Å². The van der Waals surface area contributed by atoms with Crippen LogP contribution in [0.4, 0.5) is 0 Å². The van der Waals surface area contributed by atoms with Gasteiger partial charge >= 0.3 is 5.97 Å². The van der Waals surface area contributed by atoms with Crippen LogP contribution in [0.15, 0.2) is 30.3 Å². The van der Waals surface area contributed by atoms with Crippen LogP contribution >= 0.6 is 0 Å². The van der Waals surface area contributed by atoms with Crippen molar-refractivity contribution in [3.05, 3.63) is 35.9 Å². The molecule has 0 saturated heterocycles. The van der Waals surface area contributed by atoms with E-state index in [1.54, 1.807) is 7.11 Å². The molecule has 0 aliphatic carbocycles. The van der Waals surface area contributed by atoms with E-state index >= 15 is 0 Å². The maximum atomic E-state index is 10.7. The Labute approximate surface area is 115 Å². The molecule has 4 nitrogen and oxygen atoms in total. The van der Waals surface area contributed by atoms with Crippen LogP contribution < -0.4 is 0 Å². The lowest BCUT2D eigenvalue weighted by atomic mass is 10.1. The lowest BCUT2D eigenvalue weighted by molar-refractivity contribution is -0.138. The Balaban J connectivity index is 2.21. The number of unbranched alkanes of at least 4 members (excludes halogenated alkanes) is 1. The van der Waals surface area contributed by atoms with Crippen molar-refractivity contribution in [2.75, 3.05) is 33.4 Å². The molecule has 0 aliphatic rings. The molecule has 1 rings (SSSR count). The van der Waals surface area contributed by atoms with E-state index in [1.165, 1.54) is 5.56 Å². The molecule has 0 heterocycles. The standard InChI is InChI=1S/C15H23NO3/c1-19-12-11-16(13-15(17)18)10-6-5-9-14-7-3-2-4-8-14/h2-4,7-8H,5-6,9-13H2,1H3,(H,17,18). The lowest BCUT2D eigenvalue weighted by Crippen LogP contribution is -2.33. The molecular weight excluding hydrogens is 242 g/mol. The Kier molecular flexibility index (Phi) is 7.86. The quantitative estimate of drug-likeness (QED) is 0.658. The second kappa shape index (κ2) is 9.53. The molecule has 1 aromatic carbocycles. The molecule has 0 fully saturated rings. The van der Waals surface area contributed by atoms with Crippen molar-refractivity contribution in [1.29, 1.82) is 0 Å². The van der Waals surface area contributed by atoms with E-state index in [-0.39, 0.29) is 6.54 Å². The fourth-order valence-electron chi connectivity index (χ4n) is 1.99. The van der Waals surface area contributed by atoms with Gasteiger partial charge in [0.2, 0.25) is 0 Å². The molecule has 0 saturated carbocycles. The van der Waals surface area contributed by atoms with Crippen LogP contribution in [0.3, 0.4) is 0 Å². The van der Waals surface area contributed by atoms with E-state index in [0.29, 0.717) is 13.2 Å². The Bertz CT molecular complexity index is 354. The first-order chi connectivity index (χ1) is 9.22. The molecule has 4 heteroatoms. The summed E-state index contributed by atoms with van der Waals surface area (Å²) in [5, 5.41) is 8.84. The number of carboxylic acid groups (broad SMARTS) is 1. The van der Waals surface area contributed by atoms with Gasteiger partial charge in [0.1, 0.15) is 0 Å². The third-order valence-corrected chi connectivity index (χ3v) is 3.00. The van der Waals surface area contributed by atoms with Gasteiger partial charge in [0.05, 0.1) is 13.2 Å². The molecular formula is C15H23NO3. The van der Waals surface area contributed by atoms with Crippen LogP contribution in [0, 0.1) is 0 Å². The average molecular weight is 265 g/mol. The third kappa shape index (κ3) is 7.59. The maximum Gasteiger partial charge on any atom is 0.317 e. The van der Waals surface area contributed by atoms with Gasteiger partial charge in [-0.2, -0.15) is 0 Å². The summed E-state index contributed by atoms with van der Waals surface area (Å²) < 4.78 is 4.99. The number of methoxy groups -OCH3 is 1. The summed E-state index contributed by atoms with van der Waals surface area (Å²) in [6, 6.07) is 10.4. The van der Waals surface area contributed by atoms with Crippen molar-refractivity contribution in [2.24, 2.45) is 0 Å². The van der Waals surface area contributed by atoms with Crippen LogP contribution in [0.25, 0.3) is 0 Å². The monoisotopic (exact) mass is 265 g/mol. The van der Waals surface area contributed by atoms with Gasteiger partial charge in [-0.1, -0.05) is 30.3 Å². The average Bonchev–Trinajstić information content (AvgIpc) is 2.41. The van der Waals surface area contributed by atoms with Gasteiger partial charge in [-0.05, 0) is 31.4 Å². The number of ether oxygens (including phenoxy) is 1. The zero-order valence-electron chi connectivity index (χ0n) is 11.5. The van der Waals surface area contributed by atoms with Crippen molar-refractivity contribution in [3.63, 3.8) is 0 Å². The minimum absolute atomic E-state index is 0.0920. The van der Waals surface area contributed by atoms with Crippen molar-refractivity contribution >= 4 is 5.97 Å². The Morgan fingerprint density at radius 1 is 1.21 bits per heavy atom. The maximum absolute atomic E-state index is 10.7. The van der Waals surface area contributed by atoms with Crippen LogP contribution in [0.2, 0.25) is 0 Å². The Morgan fingerprint density at radius 3 is 2.58 bits per heavy atom. The van der Waals surface area contributed by atoms with Crippen molar-refractivity contribution in [3.8, 4) is 0 Å². The first kappa shape index (κ1) is 15.7. The Morgan fingerprint density at radius 2 is 1.95 bits per heavy atom. The molecule has 0 atom stereocenters. The topological polar surface area (TPSA) is 49.8 Å². The minimum Gasteiger partial charge on any atom is -0.480 e. The summed E-state index contributed by atoms with van der Waals surface area (Å²) in [7, 11) is 1.63. The summed E-state index contributed by atoms with van der Waals surface area (Å²) in [6.07, 6.45) is 3.13. The number of hydrogen-bond acceptors (Lipinski definition) is 3. The van der Waals surface area contributed by atoms with Crippen LogP contribution in [-0.4, -0.2) is 49.3 Å². The second-order valence-corrected chi connectivity index (χ2v) is 4.61. The molecule has 0 spiro atoms. The van der Waals surface area contributed by atoms with E-state index in [0.717, 1.165) is 25.8 Å². The molecule has 19 heavy (non-hydrogen) atoms. The van der Waals surface area contributed by atoms with E-state index in [9.17, 15) is 4.79 Å². The number of aliphatic carboxylic acids is 1. The normalized spacial score (nSPS) is 10.8. The smallest absolute Gasteiger partial charge is 0.317 e. The predicted molar refractivity (Wildman–Crippen MR) is 75.3 cm³/mol. The molecule has 0 aromatic heterocycles. The van der Waals surface area contributed by atoms with Gasteiger partial charge < -0.3 is 9.84 Å². The summed E-state index contributed by atoms with van der Waals surface area (Å²) in [4.78, 5) is 12.7. The van der Waals surface area contributed by atoms with E-state index in [4.69, 9.17) is 9.84 Å². The largest absolute Gasteiger partial charge is 0.480 e. The van der Waals surface area contributed by atoms with E-state index in [1.807, 2.05) is 23.1 Å². The van der Waals surface area contributed by atoms with E-state index < -0.39 is 5.97 Å². The second-order valence-electron chi connectivity index (χ2n) is 4.61. The molecule has 1 aromatic rings. The minimum atomic E-state index is -0.779. The highest BCUT2D eigenvalue weighted by molar-refractivity contribution is 5.69. The lowest BCUT2D eigenvalue weighted by Gasteiger charge is -2.19. The third-order valence-electron chi connectivity index (χ3n) is 3.00. The van der Waals surface area contributed by atoms with Gasteiger partial charge in [-0.25, -0.2) is 0 Å². The van der Waals surface area contributed by atoms with Crippen LogP contribution in [0.1, 0.15) is 18.4 Å². The molecule has 1 N–H and O–H groups in total. The van der Waals surface area contributed by atoms with Gasteiger partial charge in [0.15, 0.2) is 0 Å². The van der Waals surface area contributed by atoms with Crippen molar-refractivity contribution in [1.82, 2.24) is 4.90 Å². The first-order valence-electron chi connectivity index (χ1n) is 6.69. The highest BCUT2D eigenvalue weighted by atomic mass is 16.5. The van der Waals surface area contributed by atoms with Gasteiger partial charge in [0.25, 0.3) is 0 Å². The summed E-state index contributed by atoms with van der Waals surface area (Å²) in [6.45, 7) is 2.15. The van der Waals surface area contributed by atoms with Crippen molar-refractivity contribution < 1.29 is 14.6 Å². The summed E-state index contributed by atoms with van der Waals surface area (Å²) in [5.74, 6) is -0.779. The number of aryl methyl sites for hydroxylation is 1. The highest BCUT2D eigenvalue weighted by Crippen LogP contribution is 2.05. The number of hydrogen-bond donors (Lipinski definition) is 1. The summed E-state index contributed by atoms with van der Waals surface area (Å²) in [5.41, 5.74) is 1.34. The zero-order valence-corrected chi connectivity index (χ0v) is 11.5. The van der Waals surface area contributed by atoms with Gasteiger partial charge in [-0.15, -0.1) is 0 Å². The molecule has 0 unspecified atom stereocenters. The number of rotatable bonds is 10. The molecule has 0 aliphatic heterocycles. The molecule has 0 radical (unpaired) electrons. The highest BCUT2D eigenvalue weighted by Gasteiger charge is 2.08. The summed E-state index contributed by atoms with van der Waals surface area (Å²) >= 11 is 0. The van der Waals surface area contributed by atoms with Crippen LogP contribution in [-0.2, 0) is 16.0 Å². The molecule has 0 bridgehead atoms. The Hall–Kier alpha value is -1.39. The number of nitrogens with zero attached hydrogens (tertiary/aromatic N) is 1. The van der Waals surface area contributed by atoms with Gasteiger partial charge in [-0.3, -0.25) is 9.69 Å². The number of benzene rings is 1. The predicted octanol–water partition coefficient (Wildman–Crippen LogP) is 2.04. The number of carboxylic acids is 1.